The molecule has 3 nitrogen and oxygen atoms in total. The van der Waals surface area contributed by atoms with Crippen molar-refractivity contribution in [3.63, 3.8) is 0 Å². The molecule has 1 aliphatic heterocycles. The van der Waals surface area contributed by atoms with E-state index in [0.29, 0.717) is 12.0 Å². The second-order valence-corrected chi connectivity index (χ2v) is 3.25. The molecule has 0 amide bonds. The Morgan fingerprint density at radius 1 is 1.50 bits per heavy atom. The molecule has 0 unspecified atom stereocenters. The molecular weight excluding hydrogens is 130 g/mol. The lowest BCUT2D eigenvalue weighted by molar-refractivity contribution is -0.140. The number of carbonyl (C=O) groups is 1. The second-order valence-electron chi connectivity index (χ2n) is 3.25. The Kier molecular flexibility index (Phi) is 1.20. The number of rotatable bonds is 1. The highest BCUT2D eigenvalue weighted by Crippen LogP contribution is 2.34. The van der Waals surface area contributed by atoms with Crippen LogP contribution in [0.2, 0.25) is 0 Å². The smallest absolute Gasteiger partial charge is 0.320 e. The van der Waals surface area contributed by atoms with Gasteiger partial charge in [0, 0.05) is 6.04 Å². The van der Waals surface area contributed by atoms with Gasteiger partial charge < -0.3 is 10.4 Å². The summed E-state index contributed by atoms with van der Waals surface area (Å²) in [6.45, 7) is 0. The lowest BCUT2D eigenvalue weighted by Crippen LogP contribution is -2.41. The van der Waals surface area contributed by atoms with Crippen LogP contribution in [-0.2, 0) is 4.79 Å². The Hall–Kier alpha value is -0.570. The fourth-order valence-electron chi connectivity index (χ4n) is 2.13. The summed E-state index contributed by atoms with van der Waals surface area (Å²) >= 11 is 0. The average Bonchev–Trinajstić information content (AvgIpc) is 2.44. The van der Waals surface area contributed by atoms with E-state index in [-0.39, 0.29) is 6.04 Å². The van der Waals surface area contributed by atoms with E-state index < -0.39 is 5.97 Å². The Bertz CT molecular complexity index is 169. The summed E-state index contributed by atoms with van der Waals surface area (Å²) in [5.41, 5.74) is 0. The zero-order valence-electron chi connectivity index (χ0n) is 5.71. The number of carboxylic acid groups (broad SMARTS) is 1. The molecule has 1 saturated carbocycles. The van der Waals surface area contributed by atoms with Crippen molar-refractivity contribution in [2.24, 2.45) is 5.92 Å². The van der Waals surface area contributed by atoms with E-state index in [1.807, 2.05) is 0 Å². The van der Waals surface area contributed by atoms with Crippen molar-refractivity contribution in [2.75, 3.05) is 0 Å². The summed E-state index contributed by atoms with van der Waals surface area (Å²) in [5, 5.41) is 11.8. The number of piperidine rings is 1. The van der Waals surface area contributed by atoms with Crippen LogP contribution in [0.4, 0.5) is 0 Å². The maximum absolute atomic E-state index is 10.5. The summed E-state index contributed by atoms with van der Waals surface area (Å²) in [5.74, 6) is -0.255. The number of aliphatic carboxylic acids is 1. The van der Waals surface area contributed by atoms with Crippen LogP contribution in [0.5, 0.6) is 0 Å². The molecule has 2 bridgehead atoms. The Balaban J connectivity index is 2.08. The lowest BCUT2D eigenvalue weighted by atomic mass is 10.0. The van der Waals surface area contributed by atoms with Crippen molar-refractivity contribution in [3.8, 4) is 0 Å². The highest BCUT2D eigenvalue weighted by atomic mass is 16.4. The van der Waals surface area contributed by atoms with E-state index in [4.69, 9.17) is 5.11 Å². The highest BCUT2D eigenvalue weighted by molar-refractivity contribution is 5.74. The zero-order chi connectivity index (χ0) is 7.14. The van der Waals surface area contributed by atoms with Crippen molar-refractivity contribution >= 4 is 5.97 Å². The van der Waals surface area contributed by atoms with Crippen molar-refractivity contribution in [1.29, 1.82) is 0 Å². The quantitative estimate of drug-likeness (QED) is 0.549. The third-order valence-electron chi connectivity index (χ3n) is 2.63. The Labute approximate surface area is 59.4 Å². The van der Waals surface area contributed by atoms with Gasteiger partial charge in [-0.3, -0.25) is 4.79 Å². The highest BCUT2D eigenvalue weighted by Gasteiger charge is 2.42. The van der Waals surface area contributed by atoms with E-state index in [1.54, 1.807) is 0 Å². The van der Waals surface area contributed by atoms with Crippen LogP contribution < -0.4 is 5.32 Å². The molecule has 0 aromatic rings. The van der Waals surface area contributed by atoms with Gasteiger partial charge in [-0.1, -0.05) is 0 Å². The monoisotopic (exact) mass is 141 g/mol. The molecule has 10 heavy (non-hydrogen) atoms. The molecule has 2 rings (SSSR count). The largest absolute Gasteiger partial charge is 0.480 e. The fourth-order valence-corrected chi connectivity index (χ4v) is 2.13. The van der Waals surface area contributed by atoms with Crippen LogP contribution in [0, 0.1) is 5.92 Å². The first-order valence-corrected chi connectivity index (χ1v) is 3.76. The predicted octanol–water partition coefficient (Wildman–Crippen LogP) is 0.211. The van der Waals surface area contributed by atoms with Crippen LogP contribution in [-0.4, -0.2) is 23.2 Å². The molecular formula is C7H11NO2. The fraction of sp³-hybridized carbons (Fsp3) is 0.857. The summed E-state index contributed by atoms with van der Waals surface area (Å²) in [4.78, 5) is 10.5. The molecule has 3 heteroatoms. The van der Waals surface area contributed by atoms with Gasteiger partial charge in [-0.2, -0.15) is 0 Å². The van der Waals surface area contributed by atoms with E-state index in [2.05, 4.69) is 5.32 Å². The second kappa shape index (κ2) is 1.95. The molecule has 2 aliphatic rings. The molecule has 3 atom stereocenters. The van der Waals surface area contributed by atoms with Crippen LogP contribution in [0.1, 0.15) is 19.3 Å². The average molecular weight is 141 g/mol. The van der Waals surface area contributed by atoms with E-state index >= 15 is 0 Å². The summed E-state index contributed by atoms with van der Waals surface area (Å²) in [6, 6.07) is 0.268. The van der Waals surface area contributed by atoms with Crippen LogP contribution >= 0.6 is 0 Å². The maximum atomic E-state index is 10.5. The topological polar surface area (TPSA) is 49.3 Å². The SMILES string of the molecule is O=C(O)[C@H]1N[C@@H]2CC[C@@H]1C2. The van der Waals surface area contributed by atoms with Gasteiger partial charge in [-0.05, 0) is 25.2 Å². The summed E-state index contributed by atoms with van der Waals surface area (Å²) in [6.07, 6.45) is 3.36. The van der Waals surface area contributed by atoms with Crippen molar-refractivity contribution in [1.82, 2.24) is 5.32 Å². The van der Waals surface area contributed by atoms with Crippen LogP contribution in [0.15, 0.2) is 0 Å². The van der Waals surface area contributed by atoms with Crippen LogP contribution in [0.25, 0.3) is 0 Å². The molecule has 1 saturated heterocycles. The van der Waals surface area contributed by atoms with Gasteiger partial charge in [0.2, 0.25) is 0 Å². The first-order valence-electron chi connectivity index (χ1n) is 3.76. The number of hydrogen-bond donors (Lipinski definition) is 2. The molecule has 0 aromatic carbocycles. The first kappa shape index (κ1) is 6.16. The minimum Gasteiger partial charge on any atom is -0.480 e. The van der Waals surface area contributed by atoms with Crippen LogP contribution in [0.3, 0.4) is 0 Å². The molecule has 56 valence electrons. The molecule has 0 radical (unpaired) electrons. The van der Waals surface area contributed by atoms with E-state index in [0.717, 1.165) is 12.8 Å². The van der Waals surface area contributed by atoms with Gasteiger partial charge in [0.15, 0.2) is 0 Å². The zero-order valence-corrected chi connectivity index (χ0v) is 5.71. The Morgan fingerprint density at radius 2 is 2.30 bits per heavy atom. The van der Waals surface area contributed by atoms with Gasteiger partial charge >= 0.3 is 5.97 Å². The number of hydrogen-bond acceptors (Lipinski definition) is 2. The summed E-state index contributed by atoms with van der Waals surface area (Å²) in [7, 11) is 0. The van der Waals surface area contributed by atoms with Crippen molar-refractivity contribution in [2.45, 2.75) is 31.3 Å². The van der Waals surface area contributed by atoms with Crippen molar-refractivity contribution < 1.29 is 9.90 Å². The molecule has 0 spiro atoms. The van der Waals surface area contributed by atoms with Gasteiger partial charge in [-0.15, -0.1) is 0 Å². The summed E-state index contributed by atoms with van der Waals surface area (Å²) < 4.78 is 0. The Morgan fingerprint density at radius 3 is 2.60 bits per heavy atom. The number of carboxylic acids is 1. The van der Waals surface area contributed by atoms with E-state index in [9.17, 15) is 4.79 Å². The standard InChI is InChI=1S/C7H11NO2/c9-7(10)6-4-1-2-5(3-4)8-6/h4-6,8H,1-3H2,(H,9,10)/t4-,5-,6+/m1/s1. The first-order chi connectivity index (χ1) is 4.77. The van der Waals surface area contributed by atoms with E-state index in [1.165, 1.54) is 6.42 Å². The molecule has 2 fully saturated rings. The minimum absolute atomic E-state index is 0.237. The molecule has 1 aliphatic carbocycles. The maximum Gasteiger partial charge on any atom is 0.320 e. The van der Waals surface area contributed by atoms with Gasteiger partial charge in [-0.25, -0.2) is 0 Å². The molecule has 0 aromatic heterocycles. The molecule has 2 N–H and O–H groups in total. The van der Waals surface area contributed by atoms with Gasteiger partial charge in [0.25, 0.3) is 0 Å². The third-order valence-corrected chi connectivity index (χ3v) is 2.63. The minimum atomic E-state index is -0.674. The number of fused-ring (bicyclic) bond motifs is 2. The van der Waals surface area contributed by atoms with Gasteiger partial charge in [0.1, 0.15) is 6.04 Å². The third kappa shape index (κ3) is 0.736. The normalized spacial score (nSPS) is 44.2. The molecule has 1 heterocycles. The predicted molar refractivity (Wildman–Crippen MR) is 35.7 cm³/mol. The number of nitrogens with one attached hydrogen (secondary N) is 1. The van der Waals surface area contributed by atoms with Gasteiger partial charge in [0.05, 0.1) is 0 Å². The lowest BCUT2D eigenvalue weighted by Gasteiger charge is -2.18. The van der Waals surface area contributed by atoms with Crippen molar-refractivity contribution in [3.05, 3.63) is 0 Å².